The van der Waals surface area contributed by atoms with Crippen LogP contribution in [-0.2, 0) is 0 Å². The van der Waals surface area contributed by atoms with E-state index in [9.17, 15) is 10.2 Å². The van der Waals surface area contributed by atoms with Gasteiger partial charge in [-0.25, -0.2) is 0 Å². The third-order valence-electron chi connectivity index (χ3n) is 6.15. The summed E-state index contributed by atoms with van der Waals surface area (Å²) < 4.78 is 0. The number of aliphatic hydroxyl groups is 2. The van der Waals surface area contributed by atoms with Crippen molar-refractivity contribution < 1.29 is 10.2 Å². The van der Waals surface area contributed by atoms with Crippen molar-refractivity contribution in [3.05, 3.63) is 23.3 Å². The third-order valence-corrected chi connectivity index (χ3v) is 6.15. The van der Waals surface area contributed by atoms with Gasteiger partial charge in [0.2, 0.25) is 0 Å². The first kappa shape index (κ1) is 17.7. The van der Waals surface area contributed by atoms with Gasteiger partial charge >= 0.3 is 0 Å². The molecule has 0 aromatic rings. The predicted molar refractivity (Wildman–Crippen MR) is 92.5 cm³/mol. The monoisotopic (exact) mass is 306 g/mol. The maximum absolute atomic E-state index is 11.0. The van der Waals surface area contributed by atoms with Crippen LogP contribution in [0.4, 0.5) is 0 Å². The molecule has 2 N–H and O–H groups in total. The van der Waals surface area contributed by atoms with E-state index in [0.717, 1.165) is 32.1 Å². The fourth-order valence-corrected chi connectivity index (χ4v) is 4.61. The minimum atomic E-state index is -0.645. The molecule has 0 aromatic heterocycles. The zero-order valence-electron chi connectivity index (χ0n) is 15.0. The molecule has 2 aliphatic rings. The van der Waals surface area contributed by atoms with Crippen LogP contribution in [0.2, 0.25) is 0 Å². The fourth-order valence-electron chi connectivity index (χ4n) is 4.61. The Labute approximate surface area is 136 Å². The summed E-state index contributed by atoms with van der Waals surface area (Å²) >= 11 is 0. The van der Waals surface area contributed by atoms with Crippen molar-refractivity contribution in [1.29, 1.82) is 0 Å². The molecule has 6 atom stereocenters. The molecule has 0 aromatic carbocycles. The summed E-state index contributed by atoms with van der Waals surface area (Å²) in [5.74, 6) is 1.13. The van der Waals surface area contributed by atoms with Gasteiger partial charge in [0, 0.05) is 5.92 Å². The van der Waals surface area contributed by atoms with Gasteiger partial charge in [0.25, 0.3) is 0 Å². The maximum Gasteiger partial charge on any atom is 0.0657 e. The summed E-state index contributed by atoms with van der Waals surface area (Å²) in [5.41, 5.74) is 2.00. The normalized spacial score (nSPS) is 39.7. The molecule has 0 saturated heterocycles. The molecule has 1 saturated carbocycles. The SMILES string of the molecule is CC(C)=CCCC(C)C1CCC(C)(O)C2CC=C(C)C2C1O. The second-order valence-corrected chi connectivity index (χ2v) is 8.20. The zero-order chi connectivity index (χ0) is 16.5. The molecule has 2 rings (SSSR count). The smallest absolute Gasteiger partial charge is 0.0657 e. The van der Waals surface area contributed by atoms with E-state index in [1.165, 1.54) is 11.1 Å². The molecule has 2 aliphatic carbocycles. The molecule has 0 bridgehead atoms. The van der Waals surface area contributed by atoms with E-state index in [2.05, 4.69) is 39.8 Å². The zero-order valence-corrected chi connectivity index (χ0v) is 15.0. The van der Waals surface area contributed by atoms with Gasteiger partial charge in [0.15, 0.2) is 0 Å². The Hall–Kier alpha value is -0.600. The van der Waals surface area contributed by atoms with Crippen molar-refractivity contribution in [2.75, 3.05) is 0 Å². The van der Waals surface area contributed by atoms with Crippen LogP contribution >= 0.6 is 0 Å². The van der Waals surface area contributed by atoms with Gasteiger partial charge in [-0.3, -0.25) is 0 Å². The quantitative estimate of drug-likeness (QED) is 0.752. The predicted octanol–water partition coefficient (Wildman–Crippen LogP) is 4.47. The highest BCUT2D eigenvalue weighted by Crippen LogP contribution is 2.49. The van der Waals surface area contributed by atoms with E-state index < -0.39 is 5.60 Å². The number of hydrogen-bond acceptors (Lipinski definition) is 2. The molecule has 0 amide bonds. The molecule has 0 spiro atoms. The van der Waals surface area contributed by atoms with Gasteiger partial charge in [-0.1, -0.05) is 30.2 Å². The minimum absolute atomic E-state index is 0.147. The second-order valence-electron chi connectivity index (χ2n) is 8.20. The van der Waals surface area contributed by atoms with Gasteiger partial charge < -0.3 is 10.2 Å². The first-order valence-electron chi connectivity index (χ1n) is 8.94. The number of aliphatic hydroxyl groups excluding tert-OH is 1. The van der Waals surface area contributed by atoms with Crippen molar-refractivity contribution >= 4 is 0 Å². The van der Waals surface area contributed by atoms with Crippen molar-refractivity contribution in [2.45, 2.75) is 78.4 Å². The Bertz CT molecular complexity index is 443. The number of rotatable bonds is 4. The van der Waals surface area contributed by atoms with E-state index in [0.29, 0.717) is 11.8 Å². The fraction of sp³-hybridized carbons (Fsp3) is 0.800. The van der Waals surface area contributed by atoms with Crippen molar-refractivity contribution in [1.82, 2.24) is 0 Å². The van der Waals surface area contributed by atoms with Gasteiger partial charge in [-0.15, -0.1) is 0 Å². The van der Waals surface area contributed by atoms with Gasteiger partial charge in [0.05, 0.1) is 11.7 Å². The average molecular weight is 306 g/mol. The molecular weight excluding hydrogens is 272 g/mol. The van der Waals surface area contributed by atoms with Crippen molar-refractivity contribution in [3.63, 3.8) is 0 Å². The molecule has 6 unspecified atom stereocenters. The number of allylic oxidation sites excluding steroid dienone is 3. The van der Waals surface area contributed by atoms with Crippen LogP contribution in [0.5, 0.6) is 0 Å². The topological polar surface area (TPSA) is 40.5 Å². The molecular formula is C20H34O2. The second kappa shape index (κ2) is 6.88. The summed E-state index contributed by atoms with van der Waals surface area (Å²) in [6.45, 7) is 10.6. The summed E-state index contributed by atoms with van der Waals surface area (Å²) in [4.78, 5) is 0. The lowest BCUT2D eigenvalue weighted by atomic mass is 9.74. The molecule has 0 radical (unpaired) electrons. The Morgan fingerprint density at radius 1 is 1.45 bits per heavy atom. The van der Waals surface area contributed by atoms with Crippen molar-refractivity contribution in [3.8, 4) is 0 Å². The molecule has 0 heterocycles. The molecule has 126 valence electrons. The average Bonchev–Trinajstić information content (AvgIpc) is 2.76. The number of hydrogen-bond donors (Lipinski definition) is 2. The summed E-state index contributed by atoms with van der Waals surface area (Å²) in [7, 11) is 0. The third kappa shape index (κ3) is 3.65. The van der Waals surface area contributed by atoms with Crippen LogP contribution in [-0.4, -0.2) is 21.9 Å². The Kier molecular flexibility index (Phi) is 5.55. The van der Waals surface area contributed by atoms with Crippen LogP contribution in [0.3, 0.4) is 0 Å². The number of fused-ring (bicyclic) bond motifs is 1. The highest BCUT2D eigenvalue weighted by Gasteiger charge is 2.49. The lowest BCUT2D eigenvalue weighted by molar-refractivity contribution is -0.0344. The molecule has 2 heteroatoms. The van der Waals surface area contributed by atoms with Crippen LogP contribution in [0, 0.1) is 23.7 Å². The Balaban J connectivity index is 2.12. The van der Waals surface area contributed by atoms with Gasteiger partial charge in [-0.2, -0.15) is 0 Å². The molecule has 0 aliphatic heterocycles. The van der Waals surface area contributed by atoms with Crippen LogP contribution in [0.1, 0.15) is 66.7 Å². The van der Waals surface area contributed by atoms with Crippen molar-refractivity contribution in [2.24, 2.45) is 23.7 Å². The first-order chi connectivity index (χ1) is 10.2. The molecule has 1 fully saturated rings. The summed E-state index contributed by atoms with van der Waals surface area (Å²) in [5, 5.41) is 21.9. The van der Waals surface area contributed by atoms with E-state index in [1.54, 1.807) is 0 Å². The Morgan fingerprint density at radius 2 is 2.14 bits per heavy atom. The van der Waals surface area contributed by atoms with Gasteiger partial charge in [0.1, 0.15) is 0 Å². The molecule has 2 nitrogen and oxygen atoms in total. The van der Waals surface area contributed by atoms with Gasteiger partial charge in [-0.05, 0) is 77.6 Å². The lowest BCUT2D eigenvalue weighted by Crippen LogP contribution is -2.40. The minimum Gasteiger partial charge on any atom is -0.392 e. The largest absolute Gasteiger partial charge is 0.392 e. The maximum atomic E-state index is 11.0. The van der Waals surface area contributed by atoms with Crippen LogP contribution in [0.15, 0.2) is 23.3 Å². The van der Waals surface area contributed by atoms with Crippen LogP contribution < -0.4 is 0 Å². The molecule has 22 heavy (non-hydrogen) atoms. The Morgan fingerprint density at radius 3 is 2.77 bits per heavy atom. The summed E-state index contributed by atoms with van der Waals surface area (Å²) in [6, 6.07) is 0. The highest BCUT2D eigenvalue weighted by molar-refractivity contribution is 5.19. The highest BCUT2D eigenvalue weighted by atomic mass is 16.3. The first-order valence-corrected chi connectivity index (χ1v) is 8.94. The van der Waals surface area contributed by atoms with E-state index in [4.69, 9.17) is 0 Å². The van der Waals surface area contributed by atoms with Crippen LogP contribution in [0.25, 0.3) is 0 Å². The lowest BCUT2D eigenvalue weighted by Gasteiger charge is -2.35. The van der Waals surface area contributed by atoms with E-state index >= 15 is 0 Å². The standard InChI is InChI=1S/C20H34O2/c1-13(2)7-6-8-14(3)16-11-12-20(5,22)17-10-9-15(4)18(17)19(16)21/h7,9,14,16-19,21-22H,6,8,10-12H2,1-5H3. The summed E-state index contributed by atoms with van der Waals surface area (Å²) in [6.07, 6.45) is 9.08. The van der Waals surface area contributed by atoms with E-state index in [-0.39, 0.29) is 17.9 Å². The van der Waals surface area contributed by atoms with E-state index in [1.807, 2.05) is 6.92 Å².